The molecule has 15 heteroatoms. The van der Waals surface area contributed by atoms with Crippen LogP contribution in [0.25, 0.3) is 0 Å². The summed E-state index contributed by atoms with van der Waals surface area (Å²) in [5, 5.41) is 22.3. The third kappa shape index (κ3) is 6.22. The fourth-order valence-corrected chi connectivity index (χ4v) is 5.23. The Labute approximate surface area is 225 Å². The molecule has 1 fully saturated rings. The maximum atomic E-state index is 14.0. The van der Waals surface area contributed by atoms with Gasteiger partial charge in [0.05, 0.1) is 29.6 Å². The largest absolute Gasteiger partial charge is 0.481 e. The Kier molecular flexibility index (Phi) is 11.2. The smallest absolute Gasteiger partial charge is 0.332 e. The summed E-state index contributed by atoms with van der Waals surface area (Å²) < 4.78 is 0. The van der Waals surface area contributed by atoms with Gasteiger partial charge in [-0.3, -0.25) is 28.8 Å². The molecule has 0 radical (unpaired) electrons. The molecule has 1 heterocycles. The van der Waals surface area contributed by atoms with Gasteiger partial charge in [0, 0.05) is 12.8 Å². The molecule has 0 aliphatic carbocycles. The predicted molar refractivity (Wildman–Crippen MR) is 137 cm³/mol. The number of primary amides is 1. The molecule has 13 N–H and O–H groups in total. The van der Waals surface area contributed by atoms with Crippen LogP contribution in [0.1, 0.15) is 59.3 Å². The SMILES string of the molecule is CC(N)C(=O)C(C)(C(C)(C(=O)C(N)CCC(N)=O)C(=O)C(N)CCC(=O)O)C(N)(C(=O)O)C(=O)C1CCCN1. The second-order valence-corrected chi connectivity index (χ2v) is 10.4. The number of amides is 1. The van der Waals surface area contributed by atoms with Crippen LogP contribution < -0.4 is 34.0 Å². The topological polar surface area (TPSA) is 302 Å². The Morgan fingerprint density at radius 3 is 1.74 bits per heavy atom. The highest BCUT2D eigenvalue weighted by Crippen LogP contribution is 2.51. The first kappa shape index (κ1) is 33.9. The molecule has 0 aromatic carbocycles. The Morgan fingerprint density at radius 2 is 1.38 bits per heavy atom. The van der Waals surface area contributed by atoms with E-state index in [9.17, 15) is 38.7 Å². The number of nitrogens with two attached hydrogens (primary N) is 5. The molecule has 7 unspecified atom stereocenters. The molecule has 39 heavy (non-hydrogen) atoms. The van der Waals surface area contributed by atoms with E-state index >= 15 is 0 Å². The van der Waals surface area contributed by atoms with Crippen molar-refractivity contribution in [1.82, 2.24) is 5.32 Å². The van der Waals surface area contributed by atoms with Crippen molar-refractivity contribution in [2.45, 2.75) is 89.0 Å². The van der Waals surface area contributed by atoms with Crippen molar-refractivity contribution in [3.63, 3.8) is 0 Å². The van der Waals surface area contributed by atoms with Gasteiger partial charge in [0.15, 0.2) is 28.7 Å². The quantitative estimate of drug-likeness (QED) is 0.0825. The zero-order chi connectivity index (χ0) is 30.5. The summed E-state index contributed by atoms with van der Waals surface area (Å²) in [6.45, 7) is 3.30. The normalized spacial score (nSPS) is 22.3. The van der Waals surface area contributed by atoms with E-state index in [1.54, 1.807) is 0 Å². The van der Waals surface area contributed by atoms with E-state index in [2.05, 4.69) is 5.32 Å². The summed E-state index contributed by atoms with van der Waals surface area (Å²) in [6, 6.07) is -6.02. The van der Waals surface area contributed by atoms with Crippen LogP contribution in [-0.4, -0.2) is 87.4 Å². The lowest BCUT2D eigenvalue weighted by Gasteiger charge is -2.52. The Balaban J connectivity index is 4.08. The van der Waals surface area contributed by atoms with Crippen LogP contribution in [0.15, 0.2) is 0 Å². The van der Waals surface area contributed by atoms with Crippen LogP contribution in [-0.2, 0) is 33.6 Å². The van der Waals surface area contributed by atoms with Gasteiger partial charge in [0.1, 0.15) is 5.41 Å². The first-order valence-corrected chi connectivity index (χ1v) is 12.5. The summed E-state index contributed by atoms with van der Waals surface area (Å²) in [4.78, 5) is 91.0. The predicted octanol–water partition coefficient (Wildman–Crippen LogP) is -3.06. The standard InChI is InChI=1S/C24H40N6O9/c1-11(25)17(34)23(3,24(29,21(38)39)20(37)14-5-4-10-30-14)22(2,18(35)12(26)6-8-15(28)31)19(36)13(27)7-9-16(32)33/h11-14,30H,4-10,25-27,29H2,1-3H3,(H2,28,31)(H,32,33)(H,38,39). The number of nitrogens with one attached hydrogen (secondary N) is 1. The number of carbonyl (C=O) groups excluding carboxylic acids is 5. The van der Waals surface area contributed by atoms with Gasteiger partial charge in [0.2, 0.25) is 5.91 Å². The molecule has 0 aromatic rings. The third-order valence-electron chi connectivity index (χ3n) is 7.83. The molecule has 1 amide bonds. The van der Waals surface area contributed by atoms with Crippen LogP contribution in [0.5, 0.6) is 0 Å². The van der Waals surface area contributed by atoms with Crippen molar-refractivity contribution in [1.29, 1.82) is 0 Å². The second-order valence-electron chi connectivity index (χ2n) is 10.4. The minimum atomic E-state index is -3.20. The van der Waals surface area contributed by atoms with Gasteiger partial charge in [-0.15, -0.1) is 0 Å². The van der Waals surface area contributed by atoms with Crippen molar-refractivity contribution in [3.05, 3.63) is 0 Å². The number of ketones is 4. The van der Waals surface area contributed by atoms with Crippen LogP contribution in [0.4, 0.5) is 0 Å². The highest BCUT2D eigenvalue weighted by Gasteiger charge is 2.73. The van der Waals surface area contributed by atoms with Crippen LogP contribution in [0.2, 0.25) is 0 Å². The van der Waals surface area contributed by atoms with Gasteiger partial charge < -0.3 is 44.2 Å². The average Bonchev–Trinajstić information content (AvgIpc) is 3.41. The summed E-state index contributed by atoms with van der Waals surface area (Å²) in [5.74, 6) is -9.03. The molecule has 220 valence electrons. The molecule has 1 aliphatic rings. The number of Topliss-reactive ketones (excluding diaryl/α,β-unsaturated/α-hetero) is 4. The van der Waals surface area contributed by atoms with E-state index in [0.717, 1.165) is 20.8 Å². The van der Waals surface area contributed by atoms with E-state index in [1.165, 1.54) is 0 Å². The summed E-state index contributed by atoms with van der Waals surface area (Å²) in [6.07, 6.45) is -1.26. The lowest BCUT2D eigenvalue weighted by Crippen LogP contribution is -2.79. The zero-order valence-corrected chi connectivity index (χ0v) is 22.4. The van der Waals surface area contributed by atoms with E-state index in [-0.39, 0.29) is 6.42 Å². The molecular formula is C24H40N6O9. The maximum absolute atomic E-state index is 14.0. The van der Waals surface area contributed by atoms with E-state index in [4.69, 9.17) is 33.8 Å². The number of rotatable bonds is 17. The number of aliphatic carboxylic acids is 2. The number of carboxylic acids is 2. The fraction of sp³-hybridized carbons (Fsp3) is 0.708. The van der Waals surface area contributed by atoms with Crippen molar-refractivity contribution in [2.24, 2.45) is 39.5 Å². The monoisotopic (exact) mass is 556 g/mol. The van der Waals surface area contributed by atoms with Crippen LogP contribution >= 0.6 is 0 Å². The fourth-order valence-electron chi connectivity index (χ4n) is 5.23. The first-order valence-electron chi connectivity index (χ1n) is 12.5. The van der Waals surface area contributed by atoms with E-state index < -0.39 is 107 Å². The molecule has 0 aromatic heterocycles. The Hall–Kier alpha value is -3.11. The molecule has 0 saturated carbocycles. The molecule has 15 nitrogen and oxygen atoms in total. The molecule has 0 spiro atoms. The maximum Gasteiger partial charge on any atom is 0.332 e. The van der Waals surface area contributed by atoms with Crippen molar-refractivity contribution in [3.8, 4) is 0 Å². The van der Waals surface area contributed by atoms with Gasteiger partial charge in [-0.1, -0.05) is 0 Å². The number of carbonyl (C=O) groups is 7. The van der Waals surface area contributed by atoms with E-state index in [1.807, 2.05) is 0 Å². The average molecular weight is 557 g/mol. The third-order valence-corrected chi connectivity index (χ3v) is 7.83. The van der Waals surface area contributed by atoms with Gasteiger partial charge in [-0.05, 0) is 53.0 Å². The highest BCUT2D eigenvalue weighted by atomic mass is 16.4. The summed E-state index contributed by atoms with van der Waals surface area (Å²) in [7, 11) is 0. The van der Waals surface area contributed by atoms with Gasteiger partial charge in [0.25, 0.3) is 0 Å². The lowest BCUT2D eigenvalue weighted by molar-refractivity contribution is -0.175. The highest BCUT2D eigenvalue weighted by molar-refractivity contribution is 6.22. The Bertz CT molecular complexity index is 990. The van der Waals surface area contributed by atoms with Crippen molar-refractivity contribution < 1.29 is 43.8 Å². The molecule has 0 bridgehead atoms. The van der Waals surface area contributed by atoms with Gasteiger partial charge >= 0.3 is 11.9 Å². The Morgan fingerprint density at radius 1 is 0.897 bits per heavy atom. The summed E-state index contributed by atoms with van der Waals surface area (Å²) in [5.41, 5.74) is 20.5. The minimum absolute atomic E-state index is 0.169. The number of hydrogen-bond acceptors (Lipinski definition) is 12. The molecule has 1 rings (SSSR count). The van der Waals surface area contributed by atoms with E-state index in [0.29, 0.717) is 13.0 Å². The van der Waals surface area contributed by atoms with Crippen LogP contribution in [0, 0.1) is 10.8 Å². The van der Waals surface area contributed by atoms with Gasteiger partial charge in [-0.2, -0.15) is 0 Å². The summed E-state index contributed by atoms with van der Waals surface area (Å²) >= 11 is 0. The zero-order valence-electron chi connectivity index (χ0n) is 22.4. The second kappa shape index (κ2) is 12.8. The first-order chi connectivity index (χ1) is 17.8. The number of hydrogen-bond donors (Lipinski definition) is 8. The minimum Gasteiger partial charge on any atom is -0.481 e. The van der Waals surface area contributed by atoms with Crippen molar-refractivity contribution in [2.75, 3.05) is 6.54 Å². The lowest BCUT2D eigenvalue weighted by atomic mass is 9.47. The molecule has 7 atom stereocenters. The van der Waals surface area contributed by atoms with Crippen LogP contribution in [0.3, 0.4) is 0 Å². The molecular weight excluding hydrogens is 516 g/mol. The number of carboxylic acid groups (broad SMARTS) is 2. The van der Waals surface area contributed by atoms with Crippen molar-refractivity contribution >= 4 is 41.0 Å². The van der Waals surface area contributed by atoms with Gasteiger partial charge in [-0.25, -0.2) is 4.79 Å². The molecule has 1 aliphatic heterocycles. The molecule has 1 saturated heterocycles.